The molecular weight excluding hydrogens is 582 g/mol. The highest BCUT2D eigenvalue weighted by molar-refractivity contribution is 5.72. The number of aliphatic carboxylic acids is 1. The van der Waals surface area contributed by atoms with Gasteiger partial charge in [-0.2, -0.15) is 0 Å². The van der Waals surface area contributed by atoms with E-state index in [1.165, 1.54) is 83.5 Å². The Morgan fingerprint density at radius 1 is 0.630 bits per heavy atom. The summed E-state index contributed by atoms with van der Waals surface area (Å²) in [6.45, 7) is 4.61. The highest BCUT2D eigenvalue weighted by Gasteiger charge is 2.31. The molecule has 46 heavy (non-hydrogen) atoms. The van der Waals surface area contributed by atoms with Gasteiger partial charge in [-0.25, -0.2) is 4.79 Å². The largest absolute Gasteiger partial charge is 0.477 e. The summed E-state index contributed by atoms with van der Waals surface area (Å²) < 4.78 is 17.0. The van der Waals surface area contributed by atoms with E-state index < -0.39 is 18.1 Å². The first-order valence-electron chi connectivity index (χ1n) is 18.7. The van der Waals surface area contributed by atoms with Crippen LogP contribution in [0.2, 0.25) is 0 Å². The number of carboxylic acid groups (broad SMARTS) is 1. The van der Waals surface area contributed by atoms with Crippen LogP contribution >= 0.6 is 0 Å². The summed E-state index contributed by atoms with van der Waals surface area (Å²) in [5.74, 6) is -1.49. The van der Waals surface area contributed by atoms with E-state index in [-0.39, 0.29) is 36.2 Å². The number of allylic oxidation sites excluding steroid dienone is 2. The molecule has 0 saturated heterocycles. The molecule has 0 radical (unpaired) electrons. The second-order valence-electron chi connectivity index (χ2n) is 13.8. The lowest BCUT2D eigenvalue weighted by molar-refractivity contribution is -0.887. The Labute approximate surface area is 282 Å². The molecule has 0 aromatic heterocycles. The zero-order valence-electron chi connectivity index (χ0n) is 30.5. The smallest absolute Gasteiger partial charge is 0.362 e. The lowest BCUT2D eigenvalue weighted by atomic mass is 10.1. The fourth-order valence-electron chi connectivity index (χ4n) is 5.44. The summed E-state index contributed by atoms with van der Waals surface area (Å²) in [7, 11) is 5.50. The van der Waals surface area contributed by atoms with Crippen LogP contribution in [-0.2, 0) is 28.6 Å². The van der Waals surface area contributed by atoms with E-state index in [0.717, 1.165) is 44.9 Å². The van der Waals surface area contributed by atoms with Gasteiger partial charge in [0.05, 0.1) is 34.4 Å². The van der Waals surface area contributed by atoms with Gasteiger partial charge in [-0.05, 0) is 38.5 Å². The van der Waals surface area contributed by atoms with Crippen molar-refractivity contribution in [3.05, 3.63) is 12.2 Å². The van der Waals surface area contributed by atoms with Crippen molar-refractivity contribution >= 4 is 17.9 Å². The lowest BCUT2D eigenvalue weighted by Crippen LogP contribution is -2.50. The van der Waals surface area contributed by atoms with Crippen molar-refractivity contribution < 1.29 is 38.2 Å². The summed E-state index contributed by atoms with van der Waals surface area (Å²) in [4.78, 5) is 36.4. The molecule has 8 heteroatoms. The number of carbonyl (C=O) groups is 3. The number of ether oxygens (including phenoxy) is 3. The van der Waals surface area contributed by atoms with E-state index in [1.54, 1.807) is 0 Å². The average Bonchev–Trinajstić information content (AvgIpc) is 3.00. The second kappa shape index (κ2) is 30.4. The molecule has 2 unspecified atom stereocenters. The molecule has 0 saturated carbocycles. The number of nitrogens with zero attached hydrogens (tertiary/aromatic N) is 1. The molecule has 0 aromatic rings. The zero-order chi connectivity index (χ0) is 34.3. The van der Waals surface area contributed by atoms with Gasteiger partial charge >= 0.3 is 17.9 Å². The summed E-state index contributed by atoms with van der Waals surface area (Å²) >= 11 is 0. The standard InChI is InChI=1S/C38H71NO7/c1-6-8-10-12-13-14-15-16-17-18-19-20-21-22-23-24-25-27-29-37(41)46-34(33-45-36(40)28-26-11-9-7-2)32-44-31-30-35(38(42)43)39(3,4)5/h17-18,34-35H,6-16,19-33H2,1-5H3/p+1/b18-17-. The van der Waals surface area contributed by atoms with Gasteiger partial charge < -0.3 is 23.8 Å². The van der Waals surface area contributed by atoms with E-state index in [9.17, 15) is 19.5 Å². The molecular formula is C38H72NO7+. The summed E-state index contributed by atoms with van der Waals surface area (Å²) in [5, 5.41) is 9.53. The molecule has 0 amide bonds. The quantitative estimate of drug-likeness (QED) is 0.0326. The molecule has 0 aromatic carbocycles. The summed E-state index contributed by atoms with van der Waals surface area (Å²) in [6, 6.07) is -0.608. The predicted octanol–water partition coefficient (Wildman–Crippen LogP) is 9.19. The van der Waals surface area contributed by atoms with Gasteiger partial charge in [-0.3, -0.25) is 9.59 Å². The van der Waals surface area contributed by atoms with Crippen LogP contribution in [0.15, 0.2) is 12.2 Å². The van der Waals surface area contributed by atoms with Crippen molar-refractivity contribution in [1.82, 2.24) is 0 Å². The lowest BCUT2D eigenvalue weighted by Gasteiger charge is -2.31. The first-order valence-corrected chi connectivity index (χ1v) is 18.7. The first kappa shape index (κ1) is 44.1. The van der Waals surface area contributed by atoms with Gasteiger partial charge in [0.2, 0.25) is 0 Å². The number of rotatable bonds is 33. The van der Waals surface area contributed by atoms with Crippen molar-refractivity contribution in [2.75, 3.05) is 41.0 Å². The SMILES string of the molecule is CCCCCCCCC/C=C\CCCCCCCCCC(=O)OC(COCCC(C(=O)O)[N+](C)(C)C)COC(=O)CCCCCC. The Hall–Kier alpha value is -1.93. The number of esters is 2. The van der Waals surface area contributed by atoms with E-state index in [2.05, 4.69) is 26.0 Å². The molecule has 0 aliphatic heterocycles. The number of quaternary nitrogens is 1. The molecule has 0 heterocycles. The van der Waals surface area contributed by atoms with Crippen LogP contribution in [0.5, 0.6) is 0 Å². The Balaban J connectivity index is 4.20. The highest BCUT2D eigenvalue weighted by Crippen LogP contribution is 2.13. The van der Waals surface area contributed by atoms with Crippen molar-refractivity contribution in [3.8, 4) is 0 Å². The topological polar surface area (TPSA) is 99.1 Å². The fourth-order valence-corrected chi connectivity index (χ4v) is 5.44. The minimum atomic E-state index is -0.877. The molecule has 0 aliphatic carbocycles. The Bertz CT molecular complexity index is 778. The number of likely N-dealkylation sites (N-methyl/N-ethyl adjacent to an activating group) is 1. The third-order valence-electron chi connectivity index (χ3n) is 8.41. The van der Waals surface area contributed by atoms with Crippen LogP contribution in [0, 0.1) is 0 Å². The molecule has 2 atom stereocenters. The second-order valence-corrected chi connectivity index (χ2v) is 13.8. The van der Waals surface area contributed by atoms with Gasteiger partial charge in [0.15, 0.2) is 12.1 Å². The van der Waals surface area contributed by atoms with Gasteiger partial charge in [0.25, 0.3) is 0 Å². The molecule has 270 valence electrons. The Morgan fingerprint density at radius 3 is 1.59 bits per heavy atom. The van der Waals surface area contributed by atoms with Crippen molar-refractivity contribution in [3.63, 3.8) is 0 Å². The van der Waals surface area contributed by atoms with Gasteiger partial charge in [-0.1, -0.05) is 116 Å². The molecule has 0 aliphatic rings. The van der Waals surface area contributed by atoms with Crippen molar-refractivity contribution in [2.45, 2.75) is 174 Å². The predicted molar refractivity (Wildman–Crippen MR) is 188 cm³/mol. The minimum Gasteiger partial charge on any atom is -0.477 e. The first-order chi connectivity index (χ1) is 22.1. The van der Waals surface area contributed by atoms with Crippen LogP contribution in [-0.4, -0.2) is 80.6 Å². The van der Waals surface area contributed by atoms with Crippen LogP contribution in [0.4, 0.5) is 0 Å². The molecule has 8 nitrogen and oxygen atoms in total. The summed E-state index contributed by atoms with van der Waals surface area (Å²) in [6.07, 6.45) is 28.7. The maximum Gasteiger partial charge on any atom is 0.362 e. The highest BCUT2D eigenvalue weighted by atomic mass is 16.6. The number of carbonyl (C=O) groups excluding carboxylic acids is 2. The number of unbranched alkanes of at least 4 members (excludes halogenated alkanes) is 17. The van der Waals surface area contributed by atoms with E-state index in [4.69, 9.17) is 14.2 Å². The molecule has 0 rings (SSSR count). The monoisotopic (exact) mass is 655 g/mol. The average molecular weight is 655 g/mol. The van der Waals surface area contributed by atoms with E-state index in [0.29, 0.717) is 19.3 Å². The number of hydrogen-bond acceptors (Lipinski definition) is 6. The zero-order valence-corrected chi connectivity index (χ0v) is 30.5. The minimum absolute atomic E-state index is 0.0512. The normalized spacial score (nSPS) is 13.2. The molecule has 1 N–H and O–H groups in total. The third-order valence-corrected chi connectivity index (χ3v) is 8.41. The van der Waals surface area contributed by atoms with Crippen molar-refractivity contribution in [2.24, 2.45) is 0 Å². The van der Waals surface area contributed by atoms with E-state index in [1.807, 2.05) is 21.1 Å². The fraction of sp³-hybridized carbons (Fsp3) is 0.868. The third kappa shape index (κ3) is 28.3. The molecule has 0 spiro atoms. The van der Waals surface area contributed by atoms with Gasteiger partial charge in [0, 0.05) is 19.3 Å². The van der Waals surface area contributed by atoms with Crippen LogP contribution in [0.3, 0.4) is 0 Å². The van der Waals surface area contributed by atoms with Gasteiger partial charge in [0.1, 0.15) is 6.61 Å². The Kier molecular flexibility index (Phi) is 29.1. The molecule has 0 bridgehead atoms. The maximum absolute atomic E-state index is 12.6. The van der Waals surface area contributed by atoms with Crippen LogP contribution < -0.4 is 0 Å². The van der Waals surface area contributed by atoms with Crippen LogP contribution in [0.1, 0.15) is 162 Å². The molecule has 0 fully saturated rings. The van der Waals surface area contributed by atoms with E-state index >= 15 is 0 Å². The van der Waals surface area contributed by atoms with Gasteiger partial charge in [-0.15, -0.1) is 0 Å². The van der Waals surface area contributed by atoms with Crippen molar-refractivity contribution in [1.29, 1.82) is 0 Å². The van der Waals surface area contributed by atoms with Crippen LogP contribution in [0.25, 0.3) is 0 Å². The summed E-state index contributed by atoms with van der Waals surface area (Å²) in [5.41, 5.74) is 0. The number of carboxylic acids is 1. The number of hydrogen-bond donors (Lipinski definition) is 1. The maximum atomic E-state index is 12.6. The Morgan fingerprint density at radius 2 is 1.09 bits per heavy atom.